The average molecular weight is 256 g/mol. The molecule has 2 nitrogen and oxygen atoms in total. The third-order valence-electron chi connectivity index (χ3n) is 3.08. The summed E-state index contributed by atoms with van der Waals surface area (Å²) in [5.41, 5.74) is 1.18. The van der Waals surface area contributed by atoms with Gasteiger partial charge in [-0.15, -0.1) is 0 Å². The van der Waals surface area contributed by atoms with Crippen LogP contribution in [0.2, 0.25) is 5.02 Å². The molecular weight excluding hydrogens is 234 g/mol. The fourth-order valence-electron chi connectivity index (χ4n) is 1.89. The van der Waals surface area contributed by atoms with Gasteiger partial charge in [-0.25, -0.2) is 0 Å². The van der Waals surface area contributed by atoms with Gasteiger partial charge in [-0.2, -0.15) is 0 Å². The number of halogens is 1. The molecule has 0 radical (unpaired) electrons. The van der Waals surface area contributed by atoms with Crippen molar-refractivity contribution < 1.29 is 5.11 Å². The van der Waals surface area contributed by atoms with Crippen molar-refractivity contribution in [3.8, 4) is 0 Å². The maximum Gasteiger partial charge on any atom is 0.0587 e. The second-order valence-electron chi connectivity index (χ2n) is 4.72. The van der Waals surface area contributed by atoms with E-state index >= 15 is 0 Å². The Labute approximate surface area is 109 Å². The molecule has 0 saturated heterocycles. The minimum Gasteiger partial charge on any atom is -0.395 e. The van der Waals surface area contributed by atoms with E-state index in [1.807, 2.05) is 18.2 Å². The summed E-state index contributed by atoms with van der Waals surface area (Å²) in [6, 6.07) is 8.26. The van der Waals surface area contributed by atoms with E-state index in [2.05, 4.69) is 32.2 Å². The van der Waals surface area contributed by atoms with E-state index in [1.54, 1.807) is 0 Å². The van der Waals surface area contributed by atoms with Crippen LogP contribution in [-0.4, -0.2) is 17.8 Å². The predicted molar refractivity (Wildman–Crippen MR) is 73.3 cm³/mol. The number of aliphatic hydroxyl groups is 1. The summed E-state index contributed by atoms with van der Waals surface area (Å²) in [7, 11) is 0. The van der Waals surface area contributed by atoms with Crippen LogP contribution < -0.4 is 5.32 Å². The smallest absolute Gasteiger partial charge is 0.0587 e. The Morgan fingerprint density at radius 3 is 2.53 bits per heavy atom. The lowest BCUT2D eigenvalue weighted by Crippen LogP contribution is -2.39. The zero-order valence-electron chi connectivity index (χ0n) is 10.8. The molecule has 17 heavy (non-hydrogen) atoms. The summed E-state index contributed by atoms with van der Waals surface area (Å²) in [6.07, 6.45) is 0.976. The summed E-state index contributed by atoms with van der Waals surface area (Å²) in [5, 5.41) is 13.6. The third kappa shape index (κ3) is 4.30. The quantitative estimate of drug-likeness (QED) is 0.817. The summed E-state index contributed by atoms with van der Waals surface area (Å²) >= 11 is 6.00. The second kappa shape index (κ2) is 7.00. The Kier molecular flexibility index (Phi) is 5.96. The summed E-state index contributed by atoms with van der Waals surface area (Å²) < 4.78 is 0. The van der Waals surface area contributed by atoms with E-state index in [4.69, 9.17) is 11.6 Å². The summed E-state index contributed by atoms with van der Waals surface area (Å²) in [6.45, 7) is 6.51. The van der Waals surface area contributed by atoms with Crippen LogP contribution >= 0.6 is 11.6 Å². The van der Waals surface area contributed by atoms with Crippen LogP contribution in [-0.2, 0) is 0 Å². The van der Waals surface area contributed by atoms with Crippen molar-refractivity contribution in [3.63, 3.8) is 0 Å². The highest BCUT2D eigenvalue weighted by molar-refractivity contribution is 6.30. The van der Waals surface area contributed by atoms with Crippen LogP contribution in [0, 0.1) is 5.92 Å². The van der Waals surface area contributed by atoms with E-state index in [1.165, 1.54) is 5.56 Å². The van der Waals surface area contributed by atoms with Crippen LogP contribution in [0.1, 0.15) is 38.8 Å². The molecule has 0 spiro atoms. The molecule has 0 aliphatic rings. The van der Waals surface area contributed by atoms with Crippen LogP contribution in [0.5, 0.6) is 0 Å². The van der Waals surface area contributed by atoms with Crippen molar-refractivity contribution in [1.82, 2.24) is 5.32 Å². The zero-order chi connectivity index (χ0) is 12.8. The van der Waals surface area contributed by atoms with Crippen molar-refractivity contribution in [3.05, 3.63) is 34.9 Å². The molecule has 0 aliphatic carbocycles. The molecule has 2 unspecified atom stereocenters. The minimum atomic E-state index is 0.124. The largest absolute Gasteiger partial charge is 0.395 e. The van der Waals surface area contributed by atoms with Crippen molar-refractivity contribution in [2.75, 3.05) is 6.61 Å². The number of hydrogen-bond donors (Lipinski definition) is 2. The fourth-order valence-corrected chi connectivity index (χ4v) is 2.09. The Balaban J connectivity index is 2.78. The zero-order valence-corrected chi connectivity index (χ0v) is 11.5. The number of aliphatic hydroxyl groups excluding tert-OH is 1. The van der Waals surface area contributed by atoms with E-state index in [-0.39, 0.29) is 18.7 Å². The molecule has 1 rings (SSSR count). The Morgan fingerprint density at radius 2 is 2.06 bits per heavy atom. The Morgan fingerprint density at radius 1 is 1.35 bits per heavy atom. The van der Waals surface area contributed by atoms with Gasteiger partial charge in [0.2, 0.25) is 0 Å². The van der Waals surface area contributed by atoms with E-state index < -0.39 is 0 Å². The molecule has 0 saturated carbocycles. The highest BCUT2D eigenvalue weighted by Gasteiger charge is 2.17. The molecule has 0 heterocycles. The Bertz CT molecular complexity index is 341. The monoisotopic (exact) mass is 255 g/mol. The molecule has 0 bridgehead atoms. The summed E-state index contributed by atoms with van der Waals surface area (Å²) in [5.74, 6) is 0.410. The molecular formula is C14H22ClNO. The van der Waals surface area contributed by atoms with Gasteiger partial charge in [0.15, 0.2) is 0 Å². The lowest BCUT2D eigenvalue weighted by Gasteiger charge is -2.26. The SMILES string of the molecule is CCC(NC(CO)C(C)C)c1cccc(Cl)c1. The molecule has 1 aromatic rings. The van der Waals surface area contributed by atoms with Crippen molar-refractivity contribution in [2.45, 2.75) is 39.3 Å². The fraction of sp³-hybridized carbons (Fsp3) is 0.571. The van der Waals surface area contributed by atoms with E-state index in [9.17, 15) is 5.11 Å². The first-order valence-corrected chi connectivity index (χ1v) is 6.58. The maximum atomic E-state index is 9.35. The molecule has 0 fully saturated rings. The second-order valence-corrected chi connectivity index (χ2v) is 5.15. The van der Waals surface area contributed by atoms with Gasteiger partial charge >= 0.3 is 0 Å². The molecule has 0 aromatic heterocycles. The van der Waals surface area contributed by atoms with Gasteiger partial charge in [0.25, 0.3) is 0 Å². The van der Waals surface area contributed by atoms with Gasteiger partial charge in [-0.1, -0.05) is 44.5 Å². The lowest BCUT2D eigenvalue weighted by atomic mass is 9.99. The first kappa shape index (κ1) is 14.5. The van der Waals surface area contributed by atoms with Gasteiger partial charge in [0.1, 0.15) is 0 Å². The van der Waals surface area contributed by atoms with Gasteiger partial charge < -0.3 is 10.4 Å². The van der Waals surface area contributed by atoms with Gasteiger partial charge in [-0.3, -0.25) is 0 Å². The number of nitrogens with one attached hydrogen (secondary N) is 1. The Hall–Kier alpha value is -0.570. The van der Waals surface area contributed by atoms with Crippen LogP contribution in [0.3, 0.4) is 0 Å². The number of benzene rings is 1. The van der Waals surface area contributed by atoms with Crippen molar-refractivity contribution in [2.24, 2.45) is 5.92 Å². The molecule has 1 aromatic carbocycles. The highest BCUT2D eigenvalue weighted by Crippen LogP contribution is 2.21. The molecule has 2 atom stereocenters. The standard InChI is InChI=1S/C14H22ClNO/c1-4-13(16-14(9-17)10(2)3)11-6-5-7-12(15)8-11/h5-8,10,13-14,16-17H,4,9H2,1-3H3. The number of rotatable bonds is 6. The molecule has 96 valence electrons. The molecule has 3 heteroatoms. The van der Waals surface area contributed by atoms with Crippen molar-refractivity contribution in [1.29, 1.82) is 0 Å². The average Bonchev–Trinajstić information content (AvgIpc) is 2.30. The van der Waals surface area contributed by atoms with Crippen LogP contribution in [0.25, 0.3) is 0 Å². The van der Waals surface area contributed by atoms with Crippen LogP contribution in [0.15, 0.2) is 24.3 Å². The van der Waals surface area contributed by atoms with Gasteiger partial charge in [0.05, 0.1) is 6.61 Å². The van der Waals surface area contributed by atoms with E-state index in [0.717, 1.165) is 11.4 Å². The first-order chi connectivity index (χ1) is 8.08. The predicted octanol–water partition coefficient (Wildman–Crippen LogP) is 3.40. The number of hydrogen-bond acceptors (Lipinski definition) is 2. The highest BCUT2D eigenvalue weighted by atomic mass is 35.5. The third-order valence-corrected chi connectivity index (χ3v) is 3.31. The lowest BCUT2D eigenvalue weighted by molar-refractivity contribution is 0.198. The van der Waals surface area contributed by atoms with Gasteiger partial charge in [0, 0.05) is 17.1 Å². The first-order valence-electron chi connectivity index (χ1n) is 6.20. The molecule has 2 N–H and O–H groups in total. The van der Waals surface area contributed by atoms with Crippen LogP contribution in [0.4, 0.5) is 0 Å². The topological polar surface area (TPSA) is 32.3 Å². The molecule has 0 amide bonds. The van der Waals surface area contributed by atoms with Gasteiger partial charge in [-0.05, 0) is 30.0 Å². The van der Waals surface area contributed by atoms with Crippen molar-refractivity contribution >= 4 is 11.6 Å². The summed E-state index contributed by atoms with van der Waals surface area (Å²) in [4.78, 5) is 0. The normalized spacial score (nSPS) is 14.9. The van der Waals surface area contributed by atoms with E-state index in [0.29, 0.717) is 5.92 Å². The maximum absolute atomic E-state index is 9.35. The minimum absolute atomic E-state index is 0.124. The molecule has 0 aliphatic heterocycles.